The Morgan fingerprint density at radius 2 is 1.93 bits per heavy atom. The molecule has 0 aliphatic carbocycles. The second-order valence-electron chi connectivity index (χ2n) is 10.3. The molecule has 11 heteroatoms. The highest BCUT2D eigenvalue weighted by atomic mass is 35.5. The van der Waals surface area contributed by atoms with Crippen LogP contribution in [0, 0.1) is 12.3 Å². The first-order valence-electron chi connectivity index (χ1n) is 14.1. The van der Waals surface area contributed by atoms with Crippen molar-refractivity contribution in [3.8, 4) is 35.5 Å². The fourth-order valence-corrected chi connectivity index (χ4v) is 5.52. The Morgan fingerprint density at radius 1 is 1.10 bits per heavy atom. The van der Waals surface area contributed by atoms with Gasteiger partial charge in [-0.1, -0.05) is 17.5 Å². The lowest BCUT2D eigenvalue weighted by Gasteiger charge is -2.33. The molecule has 2 aromatic heterocycles. The number of halogens is 1. The zero-order chi connectivity index (χ0) is 28.0. The third kappa shape index (κ3) is 6.54. The number of nitrogens with one attached hydrogen (secondary N) is 1. The van der Waals surface area contributed by atoms with E-state index in [9.17, 15) is 0 Å². The van der Waals surface area contributed by atoms with Crippen molar-refractivity contribution in [3.63, 3.8) is 0 Å². The van der Waals surface area contributed by atoms with E-state index in [1.54, 1.807) is 12.4 Å². The first-order valence-corrected chi connectivity index (χ1v) is 14.4. The van der Waals surface area contributed by atoms with Crippen LogP contribution in [0.2, 0.25) is 5.02 Å². The van der Waals surface area contributed by atoms with Crippen molar-refractivity contribution >= 4 is 33.9 Å². The summed E-state index contributed by atoms with van der Waals surface area (Å²) in [4.78, 5) is 13.7. The number of anilines is 2. The molecule has 3 aliphatic heterocycles. The second-order valence-corrected chi connectivity index (χ2v) is 10.7. The van der Waals surface area contributed by atoms with E-state index in [2.05, 4.69) is 31.0 Å². The molecular weight excluding hydrogens is 546 g/mol. The number of piperazine rings is 1. The minimum atomic E-state index is 0.0360. The summed E-state index contributed by atoms with van der Waals surface area (Å²) in [6.07, 6.45) is 11.3. The fourth-order valence-electron chi connectivity index (χ4n) is 5.34. The van der Waals surface area contributed by atoms with E-state index < -0.39 is 0 Å². The number of ether oxygens (including phenoxy) is 5. The summed E-state index contributed by atoms with van der Waals surface area (Å²) in [5.74, 6) is 5.04. The second kappa shape index (κ2) is 13.0. The van der Waals surface area contributed by atoms with E-state index in [0.29, 0.717) is 47.9 Å². The first-order chi connectivity index (χ1) is 20.2. The highest BCUT2D eigenvalue weighted by Crippen LogP contribution is 2.45. The molecule has 2 fully saturated rings. The van der Waals surface area contributed by atoms with Crippen molar-refractivity contribution in [2.45, 2.75) is 25.4 Å². The van der Waals surface area contributed by atoms with Gasteiger partial charge in [0.05, 0.1) is 54.2 Å². The van der Waals surface area contributed by atoms with Crippen LogP contribution in [0.3, 0.4) is 0 Å². The summed E-state index contributed by atoms with van der Waals surface area (Å²) in [5, 5.41) is 4.68. The predicted molar refractivity (Wildman–Crippen MR) is 157 cm³/mol. The Kier molecular flexibility index (Phi) is 8.77. The number of benzene rings is 1. The van der Waals surface area contributed by atoms with Crippen molar-refractivity contribution in [2.24, 2.45) is 0 Å². The third-order valence-electron chi connectivity index (χ3n) is 7.52. The molecule has 216 valence electrons. The number of nitrogens with zero attached hydrogens (tertiary/aromatic N) is 4. The number of fused-ring (bicyclic) bond motifs is 2. The molecule has 10 nitrogen and oxygen atoms in total. The number of hydrogen-bond donors (Lipinski definition) is 1. The third-order valence-corrected chi connectivity index (χ3v) is 7.81. The molecule has 0 amide bonds. The van der Waals surface area contributed by atoms with Gasteiger partial charge in [-0.2, -0.15) is 0 Å². The lowest BCUT2D eigenvalue weighted by atomic mass is 10.1. The van der Waals surface area contributed by atoms with Gasteiger partial charge in [-0.3, -0.25) is 9.88 Å². The molecule has 3 aromatic rings. The summed E-state index contributed by atoms with van der Waals surface area (Å²) < 4.78 is 29.5. The Labute approximate surface area is 244 Å². The minimum Gasteiger partial charge on any atom is -0.493 e. The summed E-state index contributed by atoms with van der Waals surface area (Å²) in [6, 6.07) is 5.80. The molecule has 41 heavy (non-hydrogen) atoms. The normalized spacial score (nSPS) is 17.9. The van der Waals surface area contributed by atoms with Gasteiger partial charge in [-0.05, 0) is 12.5 Å². The highest BCUT2D eigenvalue weighted by molar-refractivity contribution is 6.33. The Balaban J connectivity index is 1.20. The molecule has 0 bridgehead atoms. The van der Waals surface area contributed by atoms with Gasteiger partial charge in [0.25, 0.3) is 5.88 Å². The van der Waals surface area contributed by atoms with Crippen molar-refractivity contribution in [2.75, 3.05) is 71.2 Å². The van der Waals surface area contributed by atoms with Crippen molar-refractivity contribution < 1.29 is 23.7 Å². The molecule has 2 saturated heterocycles. The van der Waals surface area contributed by atoms with Crippen LogP contribution in [-0.4, -0.2) is 91.8 Å². The van der Waals surface area contributed by atoms with Gasteiger partial charge in [-0.25, -0.2) is 4.98 Å². The van der Waals surface area contributed by atoms with Gasteiger partial charge in [-0.15, -0.1) is 6.42 Å². The van der Waals surface area contributed by atoms with E-state index in [-0.39, 0.29) is 12.9 Å². The molecule has 1 N–H and O–H groups in total. The first kappa shape index (κ1) is 27.7. The van der Waals surface area contributed by atoms with Crippen molar-refractivity contribution in [3.05, 3.63) is 35.6 Å². The lowest BCUT2D eigenvalue weighted by Crippen LogP contribution is -2.46. The van der Waals surface area contributed by atoms with Gasteiger partial charge in [0.2, 0.25) is 12.5 Å². The SMILES string of the molecule is C#CCN1CCN(CCCOc2cc(OC3CCOCC3)c3c(Nc4c(Cl)cnc5c4OCO5)ccnc3c2)CC1. The van der Waals surface area contributed by atoms with Gasteiger partial charge in [0, 0.05) is 63.9 Å². The van der Waals surface area contributed by atoms with Crippen LogP contribution in [0.1, 0.15) is 19.3 Å². The Bertz CT molecular complexity index is 1400. The van der Waals surface area contributed by atoms with E-state index in [0.717, 1.165) is 80.9 Å². The molecule has 0 atom stereocenters. The van der Waals surface area contributed by atoms with Gasteiger partial charge in [0.1, 0.15) is 23.3 Å². The van der Waals surface area contributed by atoms with Gasteiger partial charge >= 0.3 is 0 Å². The van der Waals surface area contributed by atoms with Crippen molar-refractivity contribution in [1.29, 1.82) is 0 Å². The van der Waals surface area contributed by atoms with Gasteiger partial charge < -0.3 is 33.9 Å². The van der Waals surface area contributed by atoms with Crippen LogP contribution < -0.4 is 24.3 Å². The molecule has 0 saturated carbocycles. The maximum Gasteiger partial charge on any atom is 0.262 e. The maximum absolute atomic E-state index is 6.57. The average molecular weight is 580 g/mol. The summed E-state index contributed by atoms with van der Waals surface area (Å²) >= 11 is 6.52. The van der Waals surface area contributed by atoms with Crippen LogP contribution in [0.5, 0.6) is 23.1 Å². The van der Waals surface area contributed by atoms with E-state index in [4.69, 9.17) is 41.7 Å². The molecule has 0 radical (unpaired) electrons. The van der Waals surface area contributed by atoms with Crippen LogP contribution in [0.4, 0.5) is 11.4 Å². The molecule has 5 heterocycles. The van der Waals surface area contributed by atoms with Crippen LogP contribution >= 0.6 is 11.6 Å². The molecular formula is C30H34ClN5O5. The zero-order valence-electron chi connectivity index (χ0n) is 22.9. The van der Waals surface area contributed by atoms with Crippen LogP contribution in [0.15, 0.2) is 30.6 Å². The fraction of sp³-hybridized carbons (Fsp3) is 0.467. The smallest absolute Gasteiger partial charge is 0.262 e. The molecule has 3 aliphatic rings. The highest BCUT2D eigenvalue weighted by Gasteiger charge is 2.24. The lowest BCUT2D eigenvalue weighted by molar-refractivity contribution is 0.0261. The number of terminal acetylenes is 1. The monoisotopic (exact) mass is 579 g/mol. The standard InChI is InChI=1S/C30H34ClN5O5/c1-2-8-35-10-12-36(13-11-35)9-3-14-38-22-17-25-27(26(18-22)41-21-5-15-37-16-6-21)24(4-7-32-25)34-28-23(31)19-33-30-29(28)39-20-40-30/h1,4,7,17-19,21H,3,5-6,8-16,20H2,(H,32,33,34). The maximum atomic E-state index is 6.57. The Morgan fingerprint density at radius 3 is 2.76 bits per heavy atom. The molecule has 6 rings (SSSR count). The predicted octanol–water partition coefficient (Wildman–Crippen LogP) is 4.33. The largest absolute Gasteiger partial charge is 0.493 e. The quantitative estimate of drug-likeness (QED) is 0.276. The minimum absolute atomic E-state index is 0.0360. The van der Waals surface area contributed by atoms with Crippen LogP contribution in [0.25, 0.3) is 10.9 Å². The topological polar surface area (TPSA) is 90.4 Å². The molecule has 1 aromatic carbocycles. The zero-order valence-corrected chi connectivity index (χ0v) is 23.7. The molecule has 0 spiro atoms. The number of rotatable bonds is 10. The van der Waals surface area contributed by atoms with Crippen LogP contribution in [-0.2, 0) is 4.74 Å². The Hall–Kier alpha value is -3.49. The average Bonchev–Trinajstić information content (AvgIpc) is 3.48. The van der Waals surface area contributed by atoms with Gasteiger partial charge in [0.15, 0.2) is 0 Å². The molecule has 0 unspecified atom stereocenters. The number of pyridine rings is 2. The van der Waals surface area contributed by atoms with E-state index in [1.807, 2.05) is 18.2 Å². The summed E-state index contributed by atoms with van der Waals surface area (Å²) in [6.45, 7) is 7.83. The summed E-state index contributed by atoms with van der Waals surface area (Å²) in [7, 11) is 0. The summed E-state index contributed by atoms with van der Waals surface area (Å²) in [5.41, 5.74) is 2.11. The number of hydrogen-bond acceptors (Lipinski definition) is 10. The van der Waals surface area contributed by atoms with E-state index in [1.165, 1.54) is 0 Å². The van der Waals surface area contributed by atoms with E-state index >= 15 is 0 Å². The van der Waals surface area contributed by atoms with Crippen molar-refractivity contribution in [1.82, 2.24) is 19.8 Å². The number of aromatic nitrogens is 2.